The minimum Gasteiger partial charge on any atom is -0.380 e. The monoisotopic (exact) mass is 280 g/mol. The third kappa shape index (κ3) is 1.73. The standard InChI is InChI=1S/C8H13IN2O/c1-3-5(4-2)7-6(9)8(10)11-12-7/h5H,3-4H2,1-2H3,(H2,10,11). The summed E-state index contributed by atoms with van der Waals surface area (Å²) in [6.45, 7) is 4.28. The summed E-state index contributed by atoms with van der Waals surface area (Å²) in [5.74, 6) is 1.91. The van der Waals surface area contributed by atoms with Crippen molar-refractivity contribution < 1.29 is 4.52 Å². The van der Waals surface area contributed by atoms with Gasteiger partial charge in [-0.3, -0.25) is 0 Å². The highest BCUT2D eigenvalue weighted by Crippen LogP contribution is 2.30. The van der Waals surface area contributed by atoms with Crippen molar-refractivity contribution in [2.75, 3.05) is 5.73 Å². The maximum Gasteiger partial charge on any atom is 0.180 e. The molecule has 0 radical (unpaired) electrons. The number of halogens is 1. The van der Waals surface area contributed by atoms with Gasteiger partial charge in [0, 0.05) is 5.92 Å². The lowest BCUT2D eigenvalue weighted by Crippen LogP contribution is -1.96. The molecule has 0 aromatic carbocycles. The molecule has 0 aliphatic carbocycles. The van der Waals surface area contributed by atoms with Gasteiger partial charge in [0.15, 0.2) is 11.6 Å². The highest BCUT2D eigenvalue weighted by Gasteiger charge is 2.18. The Morgan fingerprint density at radius 2 is 2.08 bits per heavy atom. The molecule has 1 aromatic heterocycles. The van der Waals surface area contributed by atoms with E-state index in [0.29, 0.717) is 11.7 Å². The summed E-state index contributed by atoms with van der Waals surface area (Å²) in [7, 11) is 0. The van der Waals surface area contributed by atoms with Gasteiger partial charge in [-0.1, -0.05) is 19.0 Å². The number of nitrogens with zero attached hydrogens (tertiary/aromatic N) is 1. The Balaban J connectivity index is 2.93. The SMILES string of the molecule is CCC(CC)c1onc(N)c1I. The van der Waals surface area contributed by atoms with Crippen LogP contribution in [0.1, 0.15) is 38.4 Å². The van der Waals surface area contributed by atoms with Gasteiger partial charge >= 0.3 is 0 Å². The Labute approximate surface area is 85.8 Å². The molecule has 3 nitrogen and oxygen atoms in total. The second-order valence-electron chi connectivity index (χ2n) is 2.76. The molecule has 12 heavy (non-hydrogen) atoms. The molecule has 68 valence electrons. The first-order chi connectivity index (χ1) is 5.70. The van der Waals surface area contributed by atoms with Gasteiger partial charge in [-0.15, -0.1) is 0 Å². The van der Waals surface area contributed by atoms with Crippen molar-refractivity contribution in [3.05, 3.63) is 9.33 Å². The quantitative estimate of drug-likeness (QED) is 0.866. The third-order valence-electron chi connectivity index (χ3n) is 2.04. The molecule has 0 bridgehead atoms. The summed E-state index contributed by atoms with van der Waals surface area (Å²) >= 11 is 2.18. The molecular weight excluding hydrogens is 267 g/mol. The van der Waals surface area contributed by atoms with Gasteiger partial charge in [-0.05, 0) is 35.4 Å². The molecule has 1 rings (SSSR count). The first-order valence-corrected chi connectivity index (χ1v) is 5.19. The van der Waals surface area contributed by atoms with Crippen LogP contribution in [0.4, 0.5) is 5.82 Å². The Hall–Kier alpha value is -0.260. The summed E-state index contributed by atoms with van der Waals surface area (Å²) in [5.41, 5.74) is 5.58. The van der Waals surface area contributed by atoms with Crippen LogP contribution in [0.2, 0.25) is 0 Å². The van der Waals surface area contributed by atoms with Crippen molar-refractivity contribution >= 4 is 28.4 Å². The molecule has 1 aromatic rings. The second-order valence-corrected chi connectivity index (χ2v) is 3.84. The first-order valence-electron chi connectivity index (χ1n) is 4.11. The van der Waals surface area contributed by atoms with E-state index in [1.807, 2.05) is 0 Å². The predicted octanol–water partition coefficient (Wildman–Crippen LogP) is 2.77. The van der Waals surface area contributed by atoms with Crippen LogP contribution in [0, 0.1) is 3.57 Å². The zero-order valence-electron chi connectivity index (χ0n) is 7.30. The van der Waals surface area contributed by atoms with Crippen LogP contribution in [-0.2, 0) is 0 Å². The van der Waals surface area contributed by atoms with Gasteiger partial charge in [0.25, 0.3) is 0 Å². The lowest BCUT2D eigenvalue weighted by Gasteiger charge is -2.07. The molecule has 1 heterocycles. The van der Waals surface area contributed by atoms with Crippen molar-refractivity contribution in [1.29, 1.82) is 0 Å². The molecule has 0 saturated heterocycles. The second kappa shape index (κ2) is 4.11. The molecule has 0 atom stereocenters. The Morgan fingerprint density at radius 1 is 1.50 bits per heavy atom. The highest BCUT2D eigenvalue weighted by molar-refractivity contribution is 14.1. The van der Waals surface area contributed by atoms with E-state index in [1.54, 1.807) is 0 Å². The summed E-state index contributed by atoms with van der Waals surface area (Å²) in [6.07, 6.45) is 2.14. The third-order valence-corrected chi connectivity index (χ3v) is 3.12. The van der Waals surface area contributed by atoms with Crippen LogP contribution in [0.15, 0.2) is 4.52 Å². The molecule has 2 N–H and O–H groups in total. The van der Waals surface area contributed by atoms with Crippen molar-refractivity contribution in [2.45, 2.75) is 32.6 Å². The molecule has 0 unspecified atom stereocenters. The fraction of sp³-hybridized carbons (Fsp3) is 0.625. The summed E-state index contributed by atoms with van der Waals surface area (Å²) < 4.78 is 6.13. The number of hydrogen-bond donors (Lipinski definition) is 1. The summed E-state index contributed by atoms with van der Waals surface area (Å²) in [6, 6.07) is 0. The lowest BCUT2D eigenvalue weighted by molar-refractivity contribution is 0.353. The maximum absolute atomic E-state index is 5.58. The zero-order chi connectivity index (χ0) is 9.14. The number of hydrogen-bond acceptors (Lipinski definition) is 3. The predicted molar refractivity (Wildman–Crippen MR) is 57.0 cm³/mol. The van der Waals surface area contributed by atoms with Crippen LogP contribution in [0.3, 0.4) is 0 Å². The number of nitrogen functional groups attached to an aromatic ring is 1. The molecule has 0 aliphatic rings. The molecule has 0 fully saturated rings. The number of nitrogens with two attached hydrogens (primary N) is 1. The maximum atomic E-state index is 5.58. The van der Waals surface area contributed by atoms with E-state index in [4.69, 9.17) is 10.3 Å². The molecule has 0 spiro atoms. The summed E-state index contributed by atoms with van der Waals surface area (Å²) in [4.78, 5) is 0. The zero-order valence-corrected chi connectivity index (χ0v) is 9.46. The Kier molecular flexibility index (Phi) is 3.37. The van der Waals surface area contributed by atoms with Crippen molar-refractivity contribution in [1.82, 2.24) is 5.16 Å². The van der Waals surface area contributed by atoms with Gasteiger partial charge < -0.3 is 10.3 Å². The van der Waals surface area contributed by atoms with Gasteiger partial charge in [0.2, 0.25) is 0 Å². The average molecular weight is 280 g/mol. The molecule has 4 heteroatoms. The van der Waals surface area contributed by atoms with E-state index in [9.17, 15) is 0 Å². The van der Waals surface area contributed by atoms with Gasteiger partial charge in [0.1, 0.15) is 0 Å². The van der Waals surface area contributed by atoms with Crippen LogP contribution in [0.5, 0.6) is 0 Å². The number of aromatic nitrogens is 1. The van der Waals surface area contributed by atoms with Gasteiger partial charge in [-0.2, -0.15) is 0 Å². The normalized spacial score (nSPS) is 11.0. The van der Waals surface area contributed by atoms with Crippen LogP contribution in [0.25, 0.3) is 0 Å². The largest absolute Gasteiger partial charge is 0.380 e. The molecular formula is C8H13IN2O. The van der Waals surface area contributed by atoms with E-state index < -0.39 is 0 Å². The van der Waals surface area contributed by atoms with E-state index in [1.165, 1.54) is 0 Å². The van der Waals surface area contributed by atoms with E-state index in [2.05, 4.69) is 41.6 Å². The molecule has 0 amide bonds. The van der Waals surface area contributed by atoms with Crippen molar-refractivity contribution in [3.63, 3.8) is 0 Å². The van der Waals surface area contributed by atoms with Crippen LogP contribution >= 0.6 is 22.6 Å². The highest BCUT2D eigenvalue weighted by atomic mass is 127. The number of rotatable bonds is 3. The van der Waals surface area contributed by atoms with Gasteiger partial charge in [0.05, 0.1) is 3.57 Å². The van der Waals surface area contributed by atoms with Gasteiger partial charge in [-0.25, -0.2) is 0 Å². The fourth-order valence-electron chi connectivity index (χ4n) is 1.22. The van der Waals surface area contributed by atoms with Crippen molar-refractivity contribution in [3.8, 4) is 0 Å². The fourth-order valence-corrected chi connectivity index (χ4v) is 1.86. The average Bonchev–Trinajstić information content (AvgIpc) is 2.38. The van der Waals surface area contributed by atoms with E-state index >= 15 is 0 Å². The first kappa shape index (κ1) is 9.83. The summed E-state index contributed by atoms with van der Waals surface area (Å²) in [5, 5.41) is 3.73. The molecule has 0 aliphatic heterocycles. The minimum absolute atomic E-state index is 0.460. The van der Waals surface area contributed by atoms with E-state index in [0.717, 1.165) is 22.2 Å². The smallest absolute Gasteiger partial charge is 0.180 e. The van der Waals surface area contributed by atoms with Crippen LogP contribution < -0.4 is 5.73 Å². The lowest BCUT2D eigenvalue weighted by atomic mass is 10.0. The molecule has 0 saturated carbocycles. The minimum atomic E-state index is 0.460. The topological polar surface area (TPSA) is 52.0 Å². The number of anilines is 1. The Morgan fingerprint density at radius 3 is 2.42 bits per heavy atom. The van der Waals surface area contributed by atoms with E-state index in [-0.39, 0.29) is 0 Å². The Bertz CT molecular complexity index is 256. The van der Waals surface area contributed by atoms with Crippen LogP contribution in [-0.4, -0.2) is 5.16 Å². The van der Waals surface area contributed by atoms with Crippen molar-refractivity contribution in [2.24, 2.45) is 0 Å².